The van der Waals surface area contributed by atoms with Gasteiger partial charge in [0.2, 0.25) is 5.91 Å². The Kier molecular flexibility index (Phi) is 4.89. The lowest BCUT2D eigenvalue weighted by atomic mass is 10.1. The van der Waals surface area contributed by atoms with Crippen LogP contribution in [0.1, 0.15) is 19.8 Å². The Balaban J connectivity index is 2.59. The normalized spacial score (nSPS) is 12.2. The Morgan fingerprint density at radius 1 is 1.62 bits per heavy atom. The van der Waals surface area contributed by atoms with Gasteiger partial charge >= 0.3 is 0 Å². The highest BCUT2D eigenvalue weighted by atomic mass is 79.9. The van der Waals surface area contributed by atoms with Crippen molar-refractivity contribution in [1.82, 2.24) is 0 Å². The molecule has 0 heterocycles. The lowest BCUT2D eigenvalue weighted by Gasteiger charge is -2.09. The summed E-state index contributed by atoms with van der Waals surface area (Å²) in [5, 5.41) is 2.60. The predicted molar refractivity (Wildman–Crippen MR) is 65.6 cm³/mol. The zero-order chi connectivity index (χ0) is 12.1. The molecule has 0 bridgehead atoms. The van der Waals surface area contributed by atoms with Gasteiger partial charge in [0.25, 0.3) is 0 Å². The second kappa shape index (κ2) is 5.96. The zero-order valence-electron chi connectivity index (χ0n) is 8.97. The topological polar surface area (TPSA) is 55.1 Å². The maximum Gasteiger partial charge on any atom is 0.225 e. The lowest BCUT2D eigenvalue weighted by Crippen LogP contribution is -2.26. The van der Waals surface area contributed by atoms with Crippen LogP contribution in [0, 0.1) is 5.82 Å². The molecule has 0 aliphatic heterocycles. The fraction of sp³-hybridized carbons (Fsp3) is 0.364. The average Bonchev–Trinajstić information content (AvgIpc) is 2.23. The average molecular weight is 289 g/mol. The van der Waals surface area contributed by atoms with Crippen LogP contribution in [0.4, 0.5) is 10.1 Å². The number of carbonyl (C=O) groups is 1. The molecule has 88 valence electrons. The van der Waals surface area contributed by atoms with Crippen LogP contribution in [0.3, 0.4) is 0 Å². The molecule has 3 nitrogen and oxygen atoms in total. The first-order valence-electron chi connectivity index (χ1n) is 5.03. The van der Waals surface area contributed by atoms with Gasteiger partial charge in [0.15, 0.2) is 0 Å². The lowest BCUT2D eigenvalue weighted by molar-refractivity contribution is -0.116. The van der Waals surface area contributed by atoms with Crippen molar-refractivity contribution in [2.75, 3.05) is 5.32 Å². The van der Waals surface area contributed by atoms with E-state index < -0.39 is 5.82 Å². The first-order chi connectivity index (χ1) is 7.52. The Morgan fingerprint density at radius 2 is 2.31 bits per heavy atom. The van der Waals surface area contributed by atoms with Crippen molar-refractivity contribution < 1.29 is 9.18 Å². The van der Waals surface area contributed by atoms with Crippen molar-refractivity contribution in [2.24, 2.45) is 5.73 Å². The van der Waals surface area contributed by atoms with E-state index in [0.29, 0.717) is 10.2 Å². The Hall–Kier alpha value is -0.940. The van der Waals surface area contributed by atoms with Crippen LogP contribution >= 0.6 is 15.9 Å². The summed E-state index contributed by atoms with van der Waals surface area (Å²) in [6.07, 6.45) is 0.982. The van der Waals surface area contributed by atoms with Crippen LogP contribution in [-0.4, -0.2) is 11.9 Å². The molecule has 1 unspecified atom stereocenters. The second-order valence-electron chi connectivity index (χ2n) is 3.55. The third-order valence-corrected chi connectivity index (χ3v) is 2.82. The van der Waals surface area contributed by atoms with E-state index in [-0.39, 0.29) is 18.4 Å². The first kappa shape index (κ1) is 13.1. The predicted octanol–water partition coefficient (Wildman–Crippen LogP) is 2.65. The Morgan fingerprint density at radius 3 is 2.88 bits per heavy atom. The maximum absolute atomic E-state index is 13.1. The molecule has 0 spiro atoms. The molecule has 0 aliphatic rings. The smallest absolute Gasteiger partial charge is 0.225 e. The molecule has 5 heteroatoms. The highest BCUT2D eigenvalue weighted by molar-refractivity contribution is 9.10. The van der Waals surface area contributed by atoms with Crippen molar-refractivity contribution in [3.63, 3.8) is 0 Å². The Labute approximate surface area is 102 Å². The van der Waals surface area contributed by atoms with E-state index in [1.165, 1.54) is 6.07 Å². The van der Waals surface area contributed by atoms with Crippen LogP contribution in [0.5, 0.6) is 0 Å². The van der Waals surface area contributed by atoms with E-state index >= 15 is 0 Å². The van der Waals surface area contributed by atoms with Gasteiger partial charge in [-0.3, -0.25) is 4.79 Å². The molecule has 0 saturated heterocycles. The molecule has 0 aliphatic carbocycles. The highest BCUT2D eigenvalue weighted by Crippen LogP contribution is 2.19. The van der Waals surface area contributed by atoms with E-state index in [0.717, 1.165) is 6.42 Å². The fourth-order valence-electron chi connectivity index (χ4n) is 1.17. The minimum atomic E-state index is -0.405. The van der Waals surface area contributed by atoms with Gasteiger partial charge in [0.05, 0.1) is 4.47 Å². The van der Waals surface area contributed by atoms with E-state index in [9.17, 15) is 9.18 Å². The number of benzene rings is 1. The van der Waals surface area contributed by atoms with Crippen LogP contribution in [0.25, 0.3) is 0 Å². The van der Waals surface area contributed by atoms with E-state index in [2.05, 4.69) is 21.2 Å². The molecule has 0 saturated carbocycles. The minimum absolute atomic E-state index is 0.153. The molecule has 1 rings (SSSR count). The largest absolute Gasteiger partial charge is 0.327 e. The third-order valence-electron chi connectivity index (χ3n) is 2.18. The molecule has 3 N–H and O–H groups in total. The van der Waals surface area contributed by atoms with E-state index in [1.54, 1.807) is 12.1 Å². The van der Waals surface area contributed by atoms with Crippen molar-refractivity contribution in [3.8, 4) is 0 Å². The van der Waals surface area contributed by atoms with Crippen LogP contribution < -0.4 is 11.1 Å². The van der Waals surface area contributed by atoms with Gasteiger partial charge in [-0.15, -0.1) is 0 Å². The van der Waals surface area contributed by atoms with Crippen LogP contribution in [0.15, 0.2) is 22.7 Å². The first-order valence-corrected chi connectivity index (χ1v) is 5.82. The van der Waals surface area contributed by atoms with E-state index in [1.807, 2.05) is 6.92 Å². The van der Waals surface area contributed by atoms with Gasteiger partial charge < -0.3 is 11.1 Å². The number of anilines is 1. The fourth-order valence-corrected chi connectivity index (χ4v) is 1.41. The monoisotopic (exact) mass is 288 g/mol. The van der Waals surface area contributed by atoms with Gasteiger partial charge in [0, 0.05) is 18.2 Å². The van der Waals surface area contributed by atoms with E-state index in [4.69, 9.17) is 5.73 Å². The van der Waals surface area contributed by atoms with Crippen molar-refractivity contribution >= 4 is 27.5 Å². The zero-order valence-corrected chi connectivity index (χ0v) is 10.6. The van der Waals surface area contributed by atoms with Gasteiger partial charge in [-0.2, -0.15) is 0 Å². The number of carbonyl (C=O) groups excluding carboxylic acids is 1. The summed E-state index contributed by atoms with van der Waals surface area (Å²) in [6.45, 7) is 1.91. The molecule has 1 amide bonds. The molecule has 1 aromatic rings. The molecule has 16 heavy (non-hydrogen) atoms. The summed E-state index contributed by atoms with van der Waals surface area (Å²) < 4.78 is 13.5. The standard InChI is InChI=1S/C11H14BrFN2O/c1-2-7(14)5-11(16)15-8-3-4-9(12)10(13)6-8/h3-4,6-7H,2,5,14H2,1H3,(H,15,16). The number of hydrogen-bond donors (Lipinski definition) is 2. The number of rotatable bonds is 4. The summed E-state index contributed by atoms with van der Waals surface area (Å²) in [5.74, 6) is -0.603. The van der Waals surface area contributed by atoms with Gasteiger partial charge in [-0.1, -0.05) is 6.92 Å². The van der Waals surface area contributed by atoms with Crippen molar-refractivity contribution in [1.29, 1.82) is 0 Å². The number of nitrogens with two attached hydrogens (primary N) is 1. The highest BCUT2D eigenvalue weighted by Gasteiger charge is 2.08. The summed E-state index contributed by atoms with van der Waals surface area (Å²) in [6, 6.07) is 4.28. The van der Waals surface area contributed by atoms with Crippen LogP contribution in [-0.2, 0) is 4.79 Å². The molecule has 0 fully saturated rings. The minimum Gasteiger partial charge on any atom is -0.327 e. The number of nitrogens with one attached hydrogen (secondary N) is 1. The summed E-state index contributed by atoms with van der Waals surface area (Å²) >= 11 is 3.04. The summed E-state index contributed by atoms with van der Waals surface area (Å²) in [4.78, 5) is 11.5. The molecular weight excluding hydrogens is 275 g/mol. The molecule has 1 atom stereocenters. The van der Waals surface area contributed by atoms with Crippen molar-refractivity contribution in [2.45, 2.75) is 25.8 Å². The second-order valence-corrected chi connectivity index (χ2v) is 4.40. The quantitative estimate of drug-likeness (QED) is 0.895. The van der Waals surface area contributed by atoms with Gasteiger partial charge in [0.1, 0.15) is 5.82 Å². The number of hydrogen-bond acceptors (Lipinski definition) is 2. The SMILES string of the molecule is CCC(N)CC(=O)Nc1ccc(Br)c(F)c1. The summed E-state index contributed by atoms with van der Waals surface area (Å²) in [5.41, 5.74) is 6.08. The summed E-state index contributed by atoms with van der Waals surface area (Å²) in [7, 11) is 0. The van der Waals surface area contributed by atoms with Crippen molar-refractivity contribution in [3.05, 3.63) is 28.5 Å². The number of halogens is 2. The molecule has 1 aromatic carbocycles. The van der Waals surface area contributed by atoms with Gasteiger partial charge in [-0.05, 0) is 40.5 Å². The third kappa shape index (κ3) is 3.90. The number of amides is 1. The molecule has 0 radical (unpaired) electrons. The van der Waals surface area contributed by atoms with Gasteiger partial charge in [-0.25, -0.2) is 4.39 Å². The molecular formula is C11H14BrFN2O. The van der Waals surface area contributed by atoms with Crippen LogP contribution in [0.2, 0.25) is 0 Å². The maximum atomic E-state index is 13.1. The Bertz CT molecular complexity index is 384. The molecule has 0 aromatic heterocycles.